The van der Waals surface area contributed by atoms with Crippen molar-refractivity contribution in [3.05, 3.63) is 29.6 Å². The summed E-state index contributed by atoms with van der Waals surface area (Å²) < 4.78 is 0. The van der Waals surface area contributed by atoms with Gasteiger partial charge < -0.3 is 15.6 Å². The van der Waals surface area contributed by atoms with E-state index in [1.165, 1.54) is 5.56 Å². The second-order valence-electron chi connectivity index (χ2n) is 5.87. The van der Waals surface area contributed by atoms with E-state index in [0.717, 1.165) is 42.8 Å². The molecule has 1 aromatic heterocycles. The van der Waals surface area contributed by atoms with Crippen molar-refractivity contribution in [2.75, 3.05) is 19.6 Å². The van der Waals surface area contributed by atoms with Crippen LogP contribution in [0.1, 0.15) is 24.2 Å². The van der Waals surface area contributed by atoms with Crippen LogP contribution in [0.5, 0.6) is 0 Å². The van der Waals surface area contributed by atoms with Crippen LogP contribution in [-0.2, 0) is 11.2 Å². The number of nitrogens with zero attached hydrogens (tertiary/aromatic N) is 1. The molecule has 0 spiro atoms. The number of rotatable bonds is 5. The van der Waals surface area contributed by atoms with Crippen LogP contribution in [0, 0.1) is 12.8 Å². The van der Waals surface area contributed by atoms with Crippen molar-refractivity contribution >= 4 is 16.9 Å². The predicted molar refractivity (Wildman–Crippen MR) is 83.1 cm³/mol. The first-order chi connectivity index (χ1) is 10.2. The Hall–Kier alpha value is -1.88. The average Bonchev–Trinajstić information content (AvgIpc) is 3.07. The number of aromatic nitrogens is 2. The predicted octanol–water partition coefficient (Wildman–Crippen LogP) is 1.53. The van der Waals surface area contributed by atoms with Crippen molar-refractivity contribution in [1.82, 2.24) is 20.6 Å². The SMILES string of the molecule is Cc1ccc2nc(CCNC(=O)C[C@@H]3CCNC3)[nH]c2c1. The average molecular weight is 286 g/mol. The molecule has 112 valence electrons. The summed E-state index contributed by atoms with van der Waals surface area (Å²) in [5.74, 6) is 1.58. The van der Waals surface area contributed by atoms with Crippen LogP contribution >= 0.6 is 0 Å². The topological polar surface area (TPSA) is 69.8 Å². The number of carbonyl (C=O) groups excluding carboxylic acids is 1. The van der Waals surface area contributed by atoms with E-state index in [-0.39, 0.29) is 5.91 Å². The number of imidazole rings is 1. The molecule has 0 saturated carbocycles. The largest absolute Gasteiger partial charge is 0.356 e. The number of nitrogens with one attached hydrogen (secondary N) is 3. The zero-order chi connectivity index (χ0) is 14.7. The molecule has 1 fully saturated rings. The van der Waals surface area contributed by atoms with E-state index in [2.05, 4.69) is 39.7 Å². The Bertz CT molecular complexity index is 628. The van der Waals surface area contributed by atoms with Crippen LogP contribution in [0.25, 0.3) is 11.0 Å². The summed E-state index contributed by atoms with van der Waals surface area (Å²) >= 11 is 0. The van der Waals surface area contributed by atoms with Crippen LogP contribution < -0.4 is 10.6 Å². The Balaban J connectivity index is 1.48. The van der Waals surface area contributed by atoms with E-state index in [9.17, 15) is 4.79 Å². The molecule has 0 bridgehead atoms. The molecule has 1 aromatic carbocycles. The van der Waals surface area contributed by atoms with Gasteiger partial charge in [0.05, 0.1) is 11.0 Å². The number of hydrogen-bond acceptors (Lipinski definition) is 3. The third-order valence-corrected chi connectivity index (χ3v) is 4.01. The molecular formula is C16H22N4O. The number of benzene rings is 1. The molecule has 0 unspecified atom stereocenters. The fraction of sp³-hybridized carbons (Fsp3) is 0.500. The Morgan fingerprint density at radius 1 is 1.48 bits per heavy atom. The van der Waals surface area contributed by atoms with Gasteiger partial charge in [0.1, 0.15) is 5.82 Å². The van der Waals surface area contributed by atoms with E-state index in [1.54, 1.807) is 0 Å². The number of hydrogen-bond donors (Lipinski definition) is 3. The van der Waals surface area contributed by atoms with Gasteiger partial charge in [0.25, 0.3) is 0 Å². The minimum Gasteiger partial charge on any atom is -0.356 e. The molecule has 0 radical (unpaired) electrons. The third kappa shape index (κ3) is 3.61. The molecule has 2 aromatic rings. The smallest absolute Gasteiger partial charge is 0.220 e. The monoisotopic (exact) mass is 286 g/mol. The summed E-state index contributed by atoms with van der Waals surface area (Å²) in [6, 6.07) is 6.18. The molecule has 1 aliphatic heterocycles. The number of carbonyl (C=O) groups is 1. The highest BCUT2D eigenvalue weighted by molar-refractivity contribution is 5.76. The molecule has 1 amide bonds. The van der Waals surface area contributed by atoms with Gasteiger partial charge in [0.2, 0.25) is 5.91 Å². The Labute approximate surface area is 124 Å². The minimum atomic E-state index is 0.149. The van der Waals surface area contributed by atoms with Crippen molar-refractivity contribution in [3.8, 4) is 0 Å². The summed E-state index contributed by atoms with van der Waals surface area (Å²) in [7, 11) is 0. The van der Waals surface area contributed by atoms with E-state index in [0.29, 0.717) is 18.9 Å². The first-order valence-electron chi connectivity index (χ1n) is 7.63. The molecular weight excluding hydrogens is 264 g/mol. The van der Waals surface area contributed by atoms with Gasteiger partial charge in [-0.15, -0.1) is 0 Å². The van der Waals surface area contributed by atoms with E-state index in [4.69, 9.17) is 0 Å². The van der Waals surface area contributed by atoms with Crippen molar-refractivity contribution in [1.29, 1.82) is 0 Å². The lowest BCUT2D eigenvalue weighted by molar-refractivity contribution is -0.121. The van der Waals surface area contributed by atoms with Crippen LogP contribution in [-0.4, -0.2) is 35.5 Å². The number of aromatic amines is 1. The molecule has 3 N–H and O–H groups in total. The van der Waals surface area contributed by atoms with Crippen LogP contribution in [0.15, 0.2) is 18.2 Å². The molecule has 2 heterocycles. The maximum atomic E-state index is 11.8. The Kier molecular flexibility index (Phi) is 4.20. The highest BCUT2D eigenvalue weighted by atomic mass is 16.1. The second kappa shape index (κ2) is 6.26. The molecule has 1 saturated heterocycles. The summed E-state index contributed by atoms with van der Waals surface area (Å²) in [5.41, 5.74) is 3.27. The molecule has 5 heteroatoms. The molecule has 3 rings (SSSR count). The third-order valence-electron chi connectivity index (χ3n) is 4.01. The van der Waals surface area contributed by atoms with Gasteiger partial charge in [-0.05, 0) is 50.0 Å². The quantitative estimate of drug-likeness (QED) is 0.780. The maximum Gasteiger partial charge on any atom is 0.220 e. The van der Waals surface area contributed by atoms with E-state index in [1.807, 2.05) is 6.07 Å². The maximum absolute atomic E-state index is 11.8. The number of H-pyrrole nitrogens is 1. The molecule has 1 aliphatic rings. The second-order valence-corrected chi connectivity index (χ2v) is 5.87. The zero-order valence-corrected chi connectivity index (χ0v) is 12.4. The van der Waals surface area contributed by atoms with E-state index >= 15 is 0 Å². The Morgan fingerprint density at radius 2 is 2.38 bits per heavy atom. The van der Waals surface area contributed by atoms with E-state index < -0.39 is 0 Å². The number of aryl methyl sites for hydroxylation is 1. The fourth-order valence-corrected chi connectivity index (χ4v) is 2.84. The summed E-state index contributed by atoms with van der Waals surface area (Å²) in [5, 5.41) is 6.27. The lowest BCUT2D eigenvalue weighted by atomic mass is 10.0. The van der Waals surface area contributed by atoms with Gasteiger partial charge in [-0.25, -0.2) is 4.98 Å². The van der Waals surface area contributed by atoms with Crippen LogP contribution in [0.2, 0.25) is 0 Å². The van der Waals surface area contributed by atoms with Crippen LogP contribution in [0.3, 0.4) is 0 Å². The first kappa shape index (κ1) is 14.1. The van der Waals surface area contributed by atoms with Crippen molar-refractivity contribution in [2.24, 2.45) is 5.92 Å². The van der Waals surface area contributed by atoms with Gasteiger partial charge >= 0.3 is 0 Å². The summed E-state index contributed by atoms with van der Waals surface area (Å²) in [4.78, 5) is 19.7. The lowest BCUT2D eigenvalue weighted by Crippen LogP contribution is -2.28. The van der Waals surface area contributed by atoms with Crippen molar-refractivity contribution < 1.29 is 4.79 Å². The summed E-state index contributed by atoms with van der Waals surface area (Å²) in [6.45, 7) is 4.71. The first-order valence-corrected chi connectivity index (χ1v) is 7.63. The fourth-order valence-electron chi connectivity index (χ4n) is 2.84. The van der Waals surface area contributed by atoms with Gasteiger partial charge in [-0.2, -0.15) is 0 Å². The normalized spacial score (nSPS) is 18.2. The Morgan fingerprint density at radius 3 is 3.19 bits per heavy atom. The molecule has 0 aliphatic carbocycles. The lowest BCUT2D eigenvalue weighted by Gasteiger charge is -2.08. The van der Waals surface area contributed by atoms with Gasteiger partial charge in [0.15, 0.2) is 0 Å². The molecule has 1 atom stereocenters. The standard InChI is InChI=1S/C16H22N4O/c1-11-2-3-13-14(8-11)20-15(19-13)5-7-18-16(21)9-12-4-6-17-10-12/h2-3,8,12,17H,4-7,9-10H2,1H3,(H,18,21)(H,19,20)/t12-/m0/s1. The van der Waals surface area contributed by atoms with Gasteiger partial charge in [-0.3, -0.25) is 4.79 Å². The van der Waals surface area contributed by atoms with Crippen molar-refractivity contribution in [2.45, 2.75) is 26.2 Å². The summed E-state index contributed by atoms with van der Waals surface area (Å²) in [6.07, 6.45) is 2.48. The highest BCUT2D eigenvalue weighted by Crippen LogP contribution is 2.14. The number of amides is 1. The minimum absolute atomic E-state index is 0.149. The molecule has 5 nitrogen and oxygen atoms in total. The zero-order valence-electron chi connectivity index (χ0n) is 12.4. The number of fused-ring (bicyclic) bond motifs is 1. The highest BCUT2D eigenvalue weighted by Gasteiger charge is 2.17. The molecule has 21 heavy (non-hydrogen) atoms. The van der Waals surface area contributed by atoms with Gasteiger partial charge in [0, 0.05) is 19.4 Å². The van der Waals surface area contributed by atoms with Crippen LogP contribution in [0.4, 0.5) is 0 Å². The van der Waals surface area contributed by atoms with Gasteiger partial charge in [-0.1, -0.05) is 6.07 Å². The van der Waals surface area contributed by atoms with Crippen molar-refractivity contribution in [3.63, 3.8) is 0 Å².